The molecule has 0 amide bonds. The Morgan fingerprint density at radius 2 is 2.15 bits per heavy atom. The van der Waals surface area contributed by atoms with Gasteiger partial charge in [-0.05, 0) is 23.0 Å². The first-order valence-corrected chi connectivity index (χ1v) is 5.13. The number of hydrogen-bond acceptors (Lipinski definition) is 0. The van der Waals surface area contributed by atoms with Gasteiger partial charge < -0.3 is 4.98 Å². The minimum atomic E-state index is 0.968. The average Bonchev–Trinajstić information content (AvgIpc) is 2.58. The van der Waals surface area contributed by atoms with Crippen LogP contribution in [0, 0.1) is 0 Å². The number of para-hydroxylation sites is 1. The van der Waals surface area contributed by atoms with Crippen molar-refractivity contribution in [2.24, 2.45) is 0 Å². The van der Waals surface area contributed by atoms with Gasteiger partial charge in [0.05, 0.1) is 0 Å². The molecule has 0 saturated heterocycles. The van der Waals surface area contributed by atoms with Crippen LogP contribution in [-0.2, 0) is 6.42 Å². The Balaban J connectivity index is 2.45. The van der Waals surface area contributed by atoms with E-state index in [0.29, 0.717) is 0 Å². The molecule has 0 bridgehead atoms. The molecule has 1 aromatic carbocycles. The number of H-pyrrole nitrogens is 1. The van der Waals surface area contributed by atoms with E-state index in [9.17, 15) is 0 Å². The molecule has 13 heavy (non-hydrogen) atoms. The van der Waals surface area contributed by atoms with Crippen LogP contribution in [0.3, 0.4) is 0 Å². The Morgan fingerprint density at radius 3 is 3.00 bits per heavy atom. The van der Waals surface area contributed by atoms with Crippen molar-refractivity contribution in [3.05, 3.63) is 47.1 Å². The van der Waals surface area contributed by atoms with Gasteiger partial charge in [0, 0.05) is 17.1 Å². The minimum Gasteiger partial charge on any atom is -0.361 e. The molecule has 2 aromatic rings. The van der Waals surface area contributed by atoms with Crippen molar-refractivity contribution in [1.82, 2.24) is 4.98 Å². The summed E-state index contributed by atoms with van der Waals surface area (Å²) in [5, 5.41) is 1.31. The summed E-state index contributed by atoms with van der Waals surface area (Å²) in [6, 6.07) is 8.35. The first-order valence-electron chi connectivity index (χ1n) is 4.22. The second-order valence-electron chi connectivity index (χ2n) is 2.93. The van der Waals surface area contributed by atoms with Crippen molar-refractivity contribution in [3.63, 3.8) is 0 Å². The largest absolute Gasteiger partial charge is 0.361 e. The molecule has 0 saturated carbocycles. The summed E-state index contributed by atoms with van der Waals surface area (Å²) in [5.41, 5.74) is 2.55. The molecule has 66 valence electrons. The number of rotatable bonds is 2. The highest BCUT2D eigenvalue weighted by Gasteiger charge is 1.99. The predicted octanol–water partition coefficient (Wildman–Crippen LogP) is 3.62. The molecule has 0 radical (unpaired) electrons. The molecular weight excluding hydrogens is 226 g/mol. The molecule has 0 unspecified atom stereocenters. The highest BCUT2D eigenvalue weighted by molar-refractivity contribution is 9.11. The Hall–Kier alpha value is -1.02. The molecule has 1 aromatic heterocycles. The van der Waals surface area contributed by atoms with Crippen LogP contribution in [0.2, 0.25) is 0 Å². The van der Waals surface area contributed by atoms with Gasteiger partial charge >= 0.3 is 0 Å². The Morgan fingerprint density at radius 1 is 1.31 bits per heavy atom. The van der Waals surface area contributed by atoms with Gasteiger partial charge in [0.15, 0.2) is 0 Å². The monoisotopic (exact) mass is 235 g/mol. The first-order chi connectivity index (χ1) is 6.42. The van der Waals surface area contributed by atoms with Crippen LogP contribution in [-0.4, -0.2) is 4.98 Å². The third kappa shape index (κ3) is 1.68. The predicted molar refractivity (Wildman–Crippen MR) is 60.1 cm³/mol. The number of fused-ring (bicyclic) bond motifs is 1. The van der Waals surface area contributed by atoms with Gasteiger partial charge in [-0.2, -0.15) is 0 Å². The lowest BCUT2D eigenvalue weighted by Gasteiger charge is -1.92. The second-order valence-corrected chi connectivity index (χ2v) is 3.45. The fraction of sp³-hybridized carbons (Fsp3) is 0.0909. The van der Waals surface area contributed by atoms with Gasteiger partial charge in [-0.3, -0.25) is 0 Å². The van der Waals surface area contributed by atoms with Crippen molar-refractivity contribution >= 4 is 26.8 Å². The van der Waals surface area contributed by atoms with E-state index in [4.69, 9.17) is 0 Å². The maximum atomic E-state index is 3.27. The summed E-state index contributed by atoms with van der Waals surface area (Å²) in [6.07, 6.45) is 5.13. The maximum absolute atomic E-state index is 3.27. The normalized spacial score (nSPS) is 11.5. The molecule has 1 heterocycles. The van der Waals surface area contributed by atoms with E-state index in [0.717, 1.165) is 6.42 Å². The molecule has 0 aliphatic heterocycles. The molecule has 1 N–H and O–H groups in total. The molecule has 0 fully saturated rings. The summed E-state index contributed by atoms with van der Waals surface area (Å²) >= 11 is 3.27. The number of aromatic nitrogens is 1. The standard InChI is InChI=1S/C11H10BrN/c12-7-3-4-9-8-13-11-6-2-1-5-10(9)11/h1-3,5-8,13H,4H2. The van der Waals surface area contributed by atoms with Crippen molar-refractivity contribution in [2.45, 2.75) is 6.42 Å². The third-order valence-electron chi connectivity index (χ3n) is 2.10. The molecule has 1 nitrogen and oxygen atoms in total. The lowest BCUT2D eigenvalue weighted by Crippen LogP contribution is -1.75. The highest BCUT2D eigenvalue weighted by atomic mass is 79.9. The molecule has 0 spiro atoms. The van der Waals surface area contributed by atoms with Crippen molar-refractivity contribution in [2.75, 3.05) is 0 Å². The van der Waals surface area contributed by atoms with E-state index in [1.165, 1.54) is 16.5 Å². The Bertz CT molecular complexity index is 428. The van der Waals surface area contributed by atoms with Crippen LogP contribution in [0.15, 0.2) is 41.5 Å². The Kier molecular flexibility index (Phi) is 2.50. The minimum absolute atomic E-state index is 0.968. The quantitative estimate of drug-likeness (QED) is 0.819. The van der Waals surface area contributed by atoms with Gasteiger partial charge in [-0.25, -0.2) is 0 Å². The van der Waals surface area contributed by atoms with E-state index in [-0.39, 0.29) is 0 Å². The Labute approximate surface area is 85.6 Å². The number of aromatic amines is 1. The van der Waals surface area contributed by atoms with Gasteiger partial charge in [-0.1, -0.05) is 40.2 Å². The van der Waals surface area contributed by atoms with E-state index >= 15 is 0 Å². The second kappa shape index (κ2) is 3.79. The van der Waals surface area contributed by atoms with Crippen LogP contribution >= 0.6 is 15.9 Å². The van der Waals surface area contributed by atoms with Crippen molar-refractivity contribution < 1.29 is 0 Å². The number of benzene rings is 1. The summed E-state index contributed by atoms with van der Waals surface area (Å²) in [6.45, 7) is 0. The molecule has 0 aliphatic carbocycles. The van der Waals surface area contributed by atoms with E-state index in [2.05, 4.69) is 51.4 Å². The third-order valence-corrected chi connectivity index (χ3v) is 2.48. The number of halogens is 1. The summed E-state index contributed by atoms with van der Waals surface area (Å²) < 4.78 is 0. The SMILES string of the molecule is BrC=CCc1c[nH]c2ccccc12. The summed E-state index contributed by atoms with van der Waals surface area (Å²) in [7, 11) is 0. The molecular formula is C11H10BrN. The summed E-state index contributed by atoms with van der Waals surface area (Å²) in [5.74, 6) is 0. The van der Waals surface area contributed by atoms with Crippen LogP contribution < -0.4 is 0 Å². The van der Waals surface area contributed by atoms with Crippen molar-refractivity contribution in [3.8, 4) is 0 Å². The lowest BCUT2D eigenvalue weighted by molar-refractivity contribution is 1.29. The zero-order valence-electron chi connectivity index (χ0n) is 7.13. The topological polar surface area (TPSA) is 15.8 Å². The summed E-state index contributed by atoms with van der Waals surface area (Å²) in [4.78, 5) is 5.15. The first kappa shape index (κ1) is 8.57. The number of hydrogen-bond donors (Lipinski definition) is 1. The van der Waals surface area contributed by atoms with Crippen molar-refractivity contribution in [1.29, 1.82) is 0 Å². The molecule has 0 atom stereocenters. The fourth-order valence-corrected chi connectivity index (χ4v) is 1.66. The zero-order chi connectivity index (χ0) is 9.10. The molecule has 2 rings (SSSR count). The average molecular weight is 236 g/mol. The lowest BCUT2D eigenvalue weighted by atomic mass is 10.1. The molecule has 0 aliphatic rings. The number of nitrogens with one attached hydrogen (secondary N) is 1. The van der Waals surface area contributed by atoms with E-state index in [1.54, 1.807) is 0 Å². The van der Waals surface area contributed by atoms with E-state index < -0.39 is 0 Å². The maximum Gasteiger partial charge on any atom is 0.0456 e. The van der Waals surface area contributed by atoms with Crippen LogP contribution in [0.4, 0.5) is 0 Å². The van der Waals surface area contributed by atoms with E-state index in [1.807, 2.05) is 11.1 Å². The number of allylic oxidation sites excluding steroid dienone is 1. The van der Waals surface area contributed by atoms with Gasteiger partial charge in [0.1, 0.15) is 0 Å². The molecule has 2 heteroatoms. The van der Waals surface area contributed by atoms with Gasteiger partial charge in [-0.15, -0.1) is 0 Å². The highest BCUT2D eigenvalue weighted by Crippen LogP contribution is 2.18. The smallest absolute Gasteiger partial charge is 0.0456 e. The van der Waals surface area contributed by atoms with Crippen LogP contribution in [0.25, 0.3) is 10.9 Å². The van der Waals surface area contributed by atoms with Crippen LogP contribution in [0.1, 0.15) is 5.56 Å². The van der Waals surface area contributed by atoms with Gasteiger partial charge in [0.25, 0.3) is 0 Å². The zero-order valence-corrected chi connectivity index (χ0v) is 8.71. The van der Waals surface area contributed by atoms with Crippen LogP contribution in [0.5, 0.6) is 0 Å². The fourth-order valence-electron chi connectivity index (χ4n) is 1.47. The van der Waals surface area contributed by atoms with Gasteiger partial charge in [0.2, 0.25) is 0 Å².